The largest absolute Gasteiger partial charge is 0.365 e. The molecule has 3 N–H and O–H groups in total. The van der Waals surface area contributed by atoms with Gasteiger partial charge in [0.05, 0.1) is 29.2 Å². The first-order valence-corrected chi connectivity index (χ1v) is 11.9. The van der Waals surface area contributed by atoms with Gasteiger partial charge in [-0.05, 0) is 54.3 Å². The number of hydrogen-bond donors (Lipinski definition) is 2. The summed E-state index contributed by atoms with van der Waals surface area (Å²) in [5.74, 6) is -0.726. The summed E-state index contributed by atoms with van der Waals surface area (Å²) in [4.78, 5) is 29.5. The highest BCUT2D eigenvalue weighted by Crippen LogP contribution is 2.27. The van der Waals surface area contributed by atoms with Crippen molar-refractivity contribution in [1.82, 2.24) is 24.5 Å². The van der Waals surface area contributed by atoms with Crippen molar-refractivity contribution in [3.8, 4) is 11.4 Å². The van der Waals surface area contributed by atoms with Gasteiger partial charge in [-0.1, -0.05) is 32.9 Å². The average Bonchev–Trinajstić information content (AvgIpc) is 3.29. The molecule has 5 rings (SSSR count). The van der Waals surface area contributed by atoms with E-state index in [2.05, 4.69) is 41.3 Å². The fourth-order valence-electron chi connectivity index (χ4n) is 4.22. The van der Waals surface area contributed by atoms with E-state index in [0.717, 1.165) is 17.1 Å². The second-order valence-corrected chi connectivity index (χ2v) is 10.0. The number of primary amides is 1. The van der Waals surface area contributed by atoms with Gasteiger partial charge in [0.2, 0.25) is 0 Å². The molecule has 10 heteroatoms. The van der Waals surface area contributed by atoms with E-state index in [1.807, 2.05) is 25.1 Å². The minimum Gasteiger partial charge on any atom is -0.365 e. The van der Waals surface area contributed by atoms with Crippen molar-refractivity contribution in [2.75, 3.05) is 5.32 Å². The average molecular weight is 512 g/mol. The highest BCUT2D eigenvalue weighted by molar-refractivity contribution is 5.98. The minimum atomic E-state index is -0.697. The number of fused-ring (bicyclic) bond motifs is 1. The summed E-state index contributed by atoms with van der Waals surface area (Å²) in [7, 11) is 0. The summed E-state index contributed by atoms with van der Waals surface area (Å²) in [5, 5.41) is 13.2. The molecule has 2 aromatic carbocycles. The summed E-state index contributed by atoms with van der Waals surface area (Å²) in [6.45, 7) is 8.20. The standard InChI is InChI=1S/C28H26FN7O2/c1-16-22(35-15-21(25(30)37)26(34-35)33-24-11-9-19(29)14-31-24)6-5-7-23(16)36-27(38)20-10-8-18(28(2,3)4)12-17(20)13-32-36/h5-15H,1-4H3,(H2,30,37)(H,31,33,34). The fourth-order valence-corrected chi connectivity index (χ4v) is 4.22. The monoisotopic (exact) mass is 511 g/mol. The summed E-state index contributed by atoms with van der Waals surface area (Å²) >= 11 is 0. The van der Waals surface area contributed by atoms with Crippen LogP contribution in [0.4, 0.5) is 16.0 Å². The number of amides is 1. The Morgan fingerprint density at radius 1 is 1.05 bits per heavy atom. The number of carbonyl (C=O) groups excluding carboxylic acids is 1. The first-order chi connectivity index (χ1) is 18.0. The fraction of sp³-hybridized carbons (Fsp3) is 0.179. The van der Waals surface area contributed by atoms with Crippen molar-refractivity contribution in [2.24, 2.45) is 5.73 Å². The number of nitrogens with zero attached hydrogens (tertiary/aromatic N) is 5. The van der Waals surface area contributed by atoms with E-state index in [9.17, 15) is 14.0 Å². The molecule has 0 aliphatic heterocycles. The Hall–Kier alpha value is -4.86. The zero-order chi connectivity index (χ0) is 27.2. The predicted octanol–water partition coefficient (Wildman–Crippen LogP) is 4.55. The molecular weight excluding hydrogens is 485 g/mol. The Morgan fingerprint density at radius 2 is 1.82 bits per heavy atom. The van der Waals surface area contributed by atoms with Crippen molar-refractivity contribution < 1.29 is 9.18 Å². The molecule has 0 atom stereocenters. The van der Waals surface area contributed by atoms with Crippen molar-refractivity contribution in [3.63, 3.8) is 0 Å². The Kier molecular flexibility index (Phi) is 6.02. The predicted molar refractivity (Wildman–Crippen MR) is 144 cm³/mol. The molecule has 0 saturated heterocycles. The zero-order valence-electron chi connectivity index (χ0n) is 21.4. The third-order valence-corrected chi connectivity index (χ3v) is 6.36. The molecule has 3 heterocycles. The van der Waals surface area contributed by atoms with Crippen LogP contribution in [-0.4, -0.2) is 30.5 Å². The summed E-state index contributed by atoms with van der Waals surface area (Å²) in [6, 6.07) is 13.8. The summed E-state index contributed by atoms with van der Waals surface area (Å²) in [6.07, 6.45) is 4.23. The van der Waals surface area contributed by atoms with Crippen LogP contribution >= 0.6 is 0 Å². The van der Waals surface area contributed by atoms with Crippen LogP contribution in [0.25, 0.3) is 22.1 Å². The van der Waals surface area contributed by atoms with Crippen molar-refractivity contribution in [3.05, 3.63) is 100.0 Å². The molecule has 9 nitrogen and oxygen atoms in total. The molecule has 3 aromatic heterocycles. The van der Waals surface area contributed by atoms with Crippen LogP contribution in [0, 0.1) is 12.7 Å². The number of halogens is 1. The van der Waals surface area contributed by atoms with E-state index in [0.29, 0.717) is 28.1 Å². The molecule has 0 spiro atoms. The topological polar surface area (TPSA) is 121 Å². The molecule has 192 valence electrons. The molecule has 0 fully saturated rings. The van der Waals surface area contributed by atoms with Crippen LogP contribution < -0.4 is 16.6 Å². The lowest BCUT2D eigenvalue weighted by atomic mass is 9.86. The quantitative estimate of drug-likeness (QED) is 0.357. The number of nitrogens with one attached hydrogen (secondary N) is 1. The number of rotatable bonds is 5. The van der Waals surface area contributed by atoms with Crippen LogP contribution in [-0.2, 0) is 5.41 Å². The number of hydrogen-bond acceptors (Lipinski definition) is 6. The van der Waals surface area contributed by atoms with Gasteiger partial charge in [-0.15, -0.1) is 5.10 Å². The maximum atomic E-state index is 13.4. The number of aromatic nitrogens is 5. The number of carbonyl (C=O) groups is 1. The van der Waals surface area contributed by atoms with E-state index < -0.39 is 11.7 Å². The van der Waals surface area contributed by atoms with Gasteiger partial charge in [-0.25, -0.2) is 14.1 Å². The smallest absolute Gasteiger partial charge is 0.279 e. The number of anilines is 2. The minimum absolute atomic E-state index is 0.0536. The SMILES string of the molecule is Cc1c(-n2cc(C(N)=O)c(Nc3ccc(F)cn3)n2)cccc1-n1ncc2cc(C(C)(C)C)ccc2c1=O. The van der Waals surface area contributed by atoms with Gasteiger partial charge in [0.1, 0.15) is 17.2 Å². The maximum absolute atomic E-state index is 13.4. The third kappa shape index (κ3) is 4.52. The van der Waals surface area contributed by atoms with Gasteiger partial charge < -0.3 is 11.1 Å². The van der Waals surface area contributed by atoms with Crippen LogP contribution in [0.5, 0.6) is 0 Å². The van der Waals surface area contributed by atoms with Crippen molar-refractivity contribution in [1.29, 1.82) is 0 Å². The lowest BCUT2D eigenvalue weighted by Crippen LogP contribution is -2.22. The van der Waals surface area contributed by atoms with Gasteiger partial charge >= 0.3 is 0 Å². The van der Waals surface area contributed by atoms with E-state index in [1.165, 1.54) is 27.7 Å². The van der Waals surface area contributed by atoms with Gasteiger partial charge in [0.15, 0.2) is 5.82 Å². The molecule has 38 heavy (non-hydrogen) atoms. The number of nitrogens with two attached hydrogens (primary N) is 1. The van der Waals surface area contributed by atoms with Crippen LogP contribution in [0.3, 0.4) is 0 Å². The molecule has 0 saturated carbocycles. The highest BCUT2D eigenvalue weighted by Gasteiger charge is 2.19. The normalized spacial score (nSPS) is 11.6. The highest BCUT2D eigenvalue weighted by atomic mass is 19.1. The van der Waals surface area contributed by atoms with Crippen LogP contribution in [0.1, 0.15) is 42.3 Å². The summed E-state index contributed by atoms with van der Waals surface area (Å²) in [5.41, 5.74) is 8.41. The third-order valence-electron chi connectivity index (χ3n) is 6.36. The Bertz CT molecular complexity index is 1750. The first kappa shape index (κ1) is 24.8. The molecule has 0 bridgehead atoms. The van der Waals surface area contributed by atoms with E-state index >= 15 is 0 Å². The van der Waals surface area contributed by atoms with E-state index in [1.54, 1.807) is 24.4 Å². The van der Waals surface area contributed by atoms with Crippen LogP contribution in [0.2, 0.25) is 0 Å². The second kappa shape index (κ2) is 9.22. The molecule has 1 amide bonds. The lowest BCUT2D eigenvalue weighted by molar-refractivity contribution is 0.100. The Labute approximate surface area is 217 Å². The van der Waals surface area contributed by atoms with Crippen molar-refractivity contribution in [2.45, 2.75) is 33.1 Å². The number of pyridine rings is 1. The molecule has 5 aromatic rings. The molecule has 0 radical (unpaired) electrons. The van der Waals surface area contributed by atoms with Gasteiger partial charge in [-0.3, -0.25) is 9.59 Å². The van der Waals surface area contributed by atoms with E-state index in [4.69, 9.17) is 5.73 Å². The number of benzene rings is 2. The Balaban J connectivity index is 1.58. The second-order valence-electron chi connectivity index (χ2n) is 10.0. The zero-order valence-corrected chi connectivity index (χ0v) is 21.4. The van der Waals surface area contributed by atoms with Gasteiger partial charge in [0, 0.05) is 17.1 Å². The van der Waals surface area contributed by atoms with Gasteiger partial charge in [0.25, 0.3) is 11.5 Å². The lowest BCUT2D eigenvalue weighted by Gasteiger charge is -2.19. The van der Waals surface area contributed by atoms with E-state index in [-0.39, 0.29) is 22.4 Å². The summed E-state index contributed by atoms with van der Waals surface area (Å²) < 4.78 is 16.1. The molecular formula is C28H26FN7O2. The van der Waals surface area contributed by atoms with Crippen molar-refractivity contribution >= 4 is 28.3 Å². The molecule has 0 aliphatic rings. The van der Waals surface area contributed by atoms with Gasteiger partial charge in [-0.2, -0.15) is 9.78 Å². The first-order valence-electron chi connectivity index (χ1n) is 11.9. The Morgan fingerprint density at radius 3 is 2.50 bits per heavy atom. The molecule has 0 aliphatic carbocycles. The maximum Gasteiger partial charge on any atom is 0.279 e. The van der Waals surface area contributed by atoms with Crippen LogP contribution in [0.15, 0.2) is 71.9 Å². The molecule has 0 unspecified atom stereocenters.